The van der Waals surface area contributed by atoms with Gasteiger partial charge in [0.1, 0.15) is 0 Å². The summed E-state index contributed by atoms with van der Waals surface area (Å²) in [5, 5.41) is 0. The zero-order valence-corrected chi connectivity index (χ0v) is 13.7. The number of nitrogens with zero attached hydrogens (tertiary/aromatic N) is 1. The Morgan fingerprint density at radius 3 is 2.47 bits per heavy atom. The predicted octanol–water partition coefficient (Wildman–Crippen LogP) is 2.34. The van der Waals surface area contributed by atoms with Crippen LogP contribution in [0.25, 0.3) is 0 Å². The van der Waals surface area contributed by atoms with Crippen molar-refractivity contribution >= 4 is 31.7 Å². The fourth-order valence-corrected chi connectivity index (χ4v) is 3.27. The lowest BCUT2D eigenvalue weighted by molar-refractivity contribution is 0.0756. The van der Waals surface area contributed by atoms with Gasteiger partial charge < -0.3 is 4.90 Å². The van der Waals surface area contributed by atoms with Gasteiger partial charge in [0.2, 0.25) is 0 Å². The summed E-state index contributed by atoms with van der Waals surface area (Å²) in [5.41, 5.74) is 0.533. The highest BCUT2D eigenvalue weighted by atomic mass is 79.9. The average molecular weight is 348 g/mol. The van der Waals surface area contributed by atoms with Crippen molar-refractivity contribution in [1.29, 1.82) is 0 Å². The molecule has 0 unspecified atom stereocenters. The Labute approximate surface area is 122 Å². The number of rotatable bonds is 5. The van der Waals surface area contributed by atoms with Crippen LogP contribution in [0.2, 0.25) is 0 Å². The van der Waals surface area contributed by atoms with Gasteiger partial charge in [-0.15, -0.1) is 0 Å². The molecular formula is C13H18BrNO3S. The molecule has 0 heterocycles. The molecule has 1 rings (SSSR count). The van der Waals surface area contributed by atoms with Crippen molar-refractivity contribution < 1.29 is 13.2 Å². The molecule has 0 saturated heterocycles. The van der Waals surface area contributed by atoms with Crippen LogP contribution < -0.4 is 0 Å². The smallest absolute Gasteiger partial charge is 0.255 e. The van der Waals surface area contributed by atoms with Crippen LogP contribution in [-0.4, -0.2) is 43.8 Å². The first kappa shape index (κ1) is 16.2. The number of amides is 1. The van der Waals surface area contributed by atoms with Gasteiger partial charge in [0.05, 0.1) is 11.3 Å². The van der Waals surface area contributed by atoms with Gasteiger partial charge in [0, 0.05) is 23.3 Å². The molecule has 0 bridgehead atoms. The summed E-state index contributed by atoms with van der Waals surface area (Å²) in [7, 11) is -1.47. The summed E-state index contributed by atoms with van der Waals surface area (Å²) in [6.07, 6.45) is 0. The summed E-state index contributed by atoms with van der Waals surface area (Å²) < 4.78 is 23.9. The first-order valence-corrected chi connectivity index (χ1v) is 8.62. The molecule has 4 nitrogen and oxygen atoms in total. The Hall–Kier alpha value is -0.880. The van der Waals surface area contributed by atoms with Crippen molar-refractivity contribution in [3.05, 3.63) is 34.3 Å². The largest absolute Gasteiger partial charge is 0.338 e. The fourth-order valence-electron chi connectivity index (χ4n) is 1.62. The Balaban J connectivity index is 2.86. The summed E-state index contributed by atoms with van der Waals surface area (Å²) >= 11 is 3.32. The minimum absolute atomic E-state index is 0.0177. The topological polar surface area (TPSA) is 54.5 Å². The maximum Gasteiger partial charge on any atom is 0.255 e. The molecule has 0 aliphatic rings. The third-order valence-electron chi connectivity index (χ3n) is 3.02. The van der Waals surface area contributed by atoms with Crippen LogP contribution in [0.4, 0.5) is 0 Å². The fraction of sp³-hybridized carbons (Fsp3) is 0.462. The van der Waals surface area contributed by atoms with Crippen molar-refractivity contribution in [2.75, 3.05) is 18.6 Å². The van der Waals surface area contributed by atoms with E-state index in [1.807, 2.05) is 6.07 Å². The molecule has 0 aliphatic carbocycles. The molecule has 6 heteroatoms. The van der Waals surface area contributed by atoms with Crippen molar-refractivity contribution in [2.24, 2.45) is 0 Å². The minimum atomic E-state index is -3.10. The third-order valence-corrected chi connectivity index (χ3v) is 5.58. The first-order chi connectivity index (χ1) is 8.78. The number of sulfone groups is 1. The molecule has 106 valence electrons. The van der Waals surface area contributed by atoms with Gasteiger partial charge in [-0.2, -0.15) is 0 Å². The van der Waals surface area contributed by atoms with Crippen LogP contribution in [0.5, 0.6) is 0 Å². The molecule has 0 aliphatic heterocycles. The second kappa shape index (κ2) is 6.52. The van der Waals surface area contributed by atoms with Crippen molar-refractivity contribution in [1.82, 2.24) is 4.90 Å². The van der Waals surface area contributed by atoms with Gasteiger partial charge in [0.15, 0.2) is 9.84 Å². The van der Waals surface area contributed by atoms with Gasteiger partial charge in [-0.25, -0.2) is 8.42 Å². The van der Waals surface area contributed by atoms with Crippen LogP contribution in [0.1, 0.15) is 24.2 Å². The second-order valence-electron chi connectivity index (χ2n) is 4.44. The molecule has 1 aromatic rings. The number of halogens is 1. The van der Waals surface area contributed by atoms with Crippen molar-refractivity contribution in [2.45, 2.75) is 19.9 Å². The zero-order chi connectivity index (χ0) is 14.6. The van der Waals surface area contributed by atoms with E-state index in [4.69, 9.17) is 0 Å². The number of hydrogen-bond donors (Lipinski definition) is 0. The number of benzene rings is 1. The maximum absolute atomic E-state index is 12.3. The molecule has 1 aromatic carbocycles. The Kier molecular flexibility index (Phi) is 5.55. The van der Waals surface area contributed by atoms with E-state index in [0.717, 1.165) is 0 Å². The van der Waals surface area contributed by atoms with Crippen LogP contribution in [-0.2, 0) is 9.84 Å². The van der Waals surface area contributed by atoms with E-state index in [0.29, 0.717) is 10.0 Å². The molecule has 0 N–H and O–H groups in total. The normalized spacial score (nSPS) is 13.1. The number of carbonyl (C=O) groups excluding carboxylic acids is 1. The van der Waals surface area contributed by atoms with Gasteiger partial charge in [-0.1, -0.05) is 19.1 Å². The van der Waals surface area contributed by atoms with Gasteiger partial charge in [-0.3, -0.25) is 4.79 Å². The molecule has 1 amide bonds. The first-order valence-electron chi connectivity index (χ1n) is 6.00. The number of hydrogen-bond acceptors (Lipinski definition) is 3. The van der Waals surface area contributed by atoms with Gasteiger partial charge >= 0.3 is 0 Å². The minimum Gasteiger partial charge on any atom is -0.338 e. The Bertz CT molecular complexity index is 557. The molecule has 19 heavy (non-hydrogen) atoms. The van der Waals surface area contributed by atoms with Crippen LogP contribution >= 0.6 is 15.9 Å². The summed E-state index contributed by atoms with van der Waals surface area (Å²) in [5.74, 6) is -0.115. The highest BCUT2D eigenvalue weighted by Gasteiger charge is 2.23. The third kappa shape index (κ3) is 4.31. The number of carbonyl (C=O) groups is 1. The predicted molar refractivity (Wildman–Crippen MR) is 80.0 cm³/mol. The highest BCUT2D eigenvalue weighted by Crippen LogP contribution is 2.18. The molecule has 0 radical (unpaired) electrons. The molecule has 0 spiro atoms. The van der Waals surface area contributed by atoms with E-state index in [1.54, 1.807) is 39.1 Å². The maximum atomic E-state index is 12.3. The molecule has 0 aromatic heterocycles. The van der Waals surface area contributed by atoms with Gasteiger partial charge in [0.25, 0.3) is 5.91 Å². The lowest BCUT2D eigenvalue weighted by atomic mass is 10.2. The standard InChI is InChI=1S/C13H18BrNO3S/c1-4-19(17,18)9-10(2)15(3)13(16)11-7-5-6-8-12(11)14/h5-8,10H,4,9H2,1-3H3/t10-/m1/s1. The quantitative estimate of drug-likeness (QED) is 0.821. The zero-order valence-electron chi connectivity index (χ0n) is 11.3. The van der Waals surface area contributed by atoms with E-state index < -0.39 is 9.84 Å². The van der Waals surface area contributed by atoms with Crippen molar-refractivity contribution in [3.63, 3.8) is 0 Å². The molecular weight excluding hydrogens is 330 g/mol. The average Bonchev–Trinajstić information content (AvgIpc) is 2.37. The monoisotopic (exact) mass is 347 g/mol. The van der Waals surface area contributed by atoms with Crippen LogP contribution in [0.3, 0.4) is 0 Å². The molecule has 0 fully saturated rings. The summed E-state index contributed by atoms with van der Waals surface area (Å²) in [6.45, 7) is 3.35. The van der Waals surface area contributed by atoms with E-state index in [1.165, 1.54) is 4.90 Å². The lowest BCUT2D eigenvalue weighted by Crippen LogP contribution is -2.39. The summed E-state index contributed by atoms with van der Waals surface area (Å²) in [4.78, 5) is 13.7. The van der Waals surface area contributed by atoms with E-state index in [9.17, 15) is 13.2 Å². The van der Waals surface area contributed by atoms with Crippen LogP contribution in [0.15, 0.2) is 28.7 Å². The summed E-state index contributed by atoms with van der Waals surface area (Å²) in [6, 6.07) is 6.74. The SMILES string of the molecule is CCS(=O)(=O)C[C@@H](C)N(C)C(=O)c1ccccc1Br. The highest BCUT2D eigenvalue weighted by molar-refractivity contribution is 9.10. The van der Waals surface area contributed by atoms with E-state index >= 15 is 0 Å². The Morgan fingerprint density at radius 2 is 1.95 bits per heavy atom. The Morgan fingerprint density at radius 1 is 1.37 bits per heavy atom. The molecule has 0 saturated carbocycles. The van der Waals surface area contributed by atoms with Gasteiger partial charge in [-0.05, 0) is 35.0 Å². The van der Waals surface area contributed by atoms with Crippen molar-refractivity contribution in [3.8, 4) is 0 Å². The van der Waals surface area contributed by atoms with E-state index in [2.05, 4.69) is 15.9 Å². The lowest BCUT2D eigenvalue weighted by Gasteiger charge is -2.25. The second-order valence-corrected chi connectivity index (χ2v) is 7.70. The molecule has 1 atom stereocenters. The van der Waals surface area contributed by atoms with Crippen LogP contribution in [0, 0.1) is 0 Å². The van der Waals surface area contributed by atoms with E-state index in [-0.39, 0.29) is 23.5 Å².